The summed E-state index contributed by atoms with van der Waals surface area (Å²) in [5.41, 5.74) is 0. The van der Waals surface area contributed by atoms with Crippen molar-refractivity contribution in [2.45, 2.75) is 38.8 Å². The number of hydrogen-bond donors (Lipinski definition) is 1. The summed E-state index contributed by atoms with van der Waals surface area (Å²) in [6.45, 7) is 4.34. The molecule has 1 saturated heterocycles. The maximum absolute atomic E-state index is 11.5. The molecule has 0 aromatic rings. The second-order valence-electron chi connectivity index (χ2n) is 5.15. The molecule has 1 fully saturated rings. The van der Waals surface area contributed by atoms with Gasteiger partial charge in [0, 0.05) is 11.8 Å². The van der Waals surface area contributed by atoms with Crippen LogP contribution >= 0.6 is 11.8 Å². The van der Waals surface area contributed by atoms with Gasteiger partial charge in [-0.15, -0.1) is 0 Å². The molecule has 1 N–H and O–H groups in total. The van der Waals surface area contributed by atoms with E-state index in [2.05, 4.69) is 24.2 Å². The summed E-state index contributed by atoms with van der Waals surface area (Å²) in [6.07, 6.45) is 1.71. The van der Waals surface area contributed by atoms with E-state index in [1.165, 1.54) is 0 Å². The van der Waals surface area contributed by atoms with Crippen molar-refractivity contribution in [3.8, 4) is 0 Å². The Balaban J connectivity index is 1.92. The molecule has 0 aromatic carbocycles. The average molecular weight is 276 g/mol. The Morgan fingerprint density at radius 3 is 2.82 bits per heavy atom. The number of sulfone groups is 1. The van der Waals surface area contributed by atoms with E-state index in [0.717, 1.165) is 23.8 Å². The lowest BCUT2D eigenvalue weighted by Gasteiger charge is -2.23. The first-order valence-electron chi connectivity index (χ1n) is 6.14. The predicted octanol–water partition coefficient (Wildman–Crippen LogP) is 1.28. The highest BCUT2D eigenvalue weighted by Crippen LogP contribution is 2.23. The van der Waals surface area contributed by atoms with Gasteiger partial charge in [0.1, 0.15) is 0 Å². The quantitative estimate of drug-likeness (QED) is 0.825. The fourth-order valence-corrected chi connectivity index (χ4v) is 5.01. The molecule has 0 amide bonds. The third-order valence-electron chi connectivity index (χ3n) is 3.23. The second-order valence-corrected chi connectivity index (χ2v) is 8.39. The zero-order valence-corrected chi connectivity index (χ0v) is 12.0. The minimum atomic E-state index is -2.83. The largest absolute Gasteiger partial charge is 0.361 e. The topological polar surface area (TPSA) is 58.5 Å². The van der Waals surface area contributed by atoms with Crippen molar-refractivity contribution in [2.75, 3.05) is 17.3 Å². The summed E-state index contributed by atoms with van der Waals surface area (Å²) < 4.78 is 23.0. The first-order chi connectivity index (χ1) is 7.96. The highest BCUT2D eigenvalue weighted by molar-refractivity contribution is 8.14. The van der Waals surface area contributed by atoms with E-state index in [4.69, 9.17) is 0 Å². The van der Waals surface area contributed by atoms with E-state index < -0.39 is 9.84 Å². The Labute approximate surface area is 108 Å². The molecule has 0 aliphatic carbocycles. The molecule has 17 heavy (non-hydrogen) atoms. The van der Waals surface area contributed by atoms with Crippen LogP contribution in [0.4, 0.5) is 0 Å². The number of nitrogens with zero attached hydrogens (tertiary/aromatic N) is 1. The van der Waals surface area contributed by atoms with Gasteiger partial charge < -0.3 is 5.32 Å². The van der Waals surface area contributed by atoms with Gasteiger partial charge in [0.05, 0.1) is 17.5 Å². The number of aliphatic imine (C=N–C) groups is 1. The van der Waals surface area contributed by atoms with Gasteiger partial charge in [-0.25, -0.2) is 8.42 Å². The van der Waals surface area contributed by atoms with E-state index in [-0.39, 0.29) is 11.8 Å². The Morgan fingerprint density at radius 2 is 2.24 bits per heavy atom. The van der Waals surface area contributed by atoms with Crippen LogP contribution in [0.3, 0.4) is 0 Å². The van der Waals surface area contributed by atoms with Crippen molar-refractivity contribution in [3.63, 3.8) is 0 Å². The maximum atomic E-state index is 11.5. The van der Waals surface area contributed by atoms with E-state index in [1.54, 1.807) is 11.8 Å². The Kier molecular flexibility index (Phi) is 4.02. The molecule has 98 valence electrons. The molecular formula is C11H20N2O2S2. The molecule has 4 nitrogen and oxygen atoms in total. The Morgan fingerprint density at radius 1 is 1.47 bits per heavy atom. The van der Waals surface area contributed by atoms with Crippen LogP contribution < -0.4 is 5.32 Å². The summed E-state index contributed by atoms with van der Waals surface area (Å²) in [7, 11) is -2.83. The molecule has 6 heteroatoms. The first kappa shape index (κ1) is 13.2. The summed E-state index contributed by atoms with van der Waals surface area (Å²) in [5.74, 6) is 2.18. The van der Waals surface area contributed by atoms with Gasteiger partial charge >= 0.3 is 0 Å². The SMILES string of the molecule is CC(C)C1CSC(NC2CCCS(=O)(=O)C2)=N1. The van der Waals surface area contributed by atoms with Crippen molar-refractivity contribution >= 4 is 26.8 Å². The van der Waals surface area contributed by atoms with E-state index in [0.29, 0.717) is 17.7 Å². The van der Waals surface area contributed by atoms with Crippen molar-refractivity contribution < 1.29 is 8.42 Å². The number of amidine groups is 1. The summed E-state index contributed by atoms with van der Waals surface area (Å²) >= 11 is 1.72. The van der Waals surface area contributed by atoms with Crippen molar-refractivity contribution in [1.29, 1.82) is 0 Å². The Bertz CT molecular complexity index is 404. The highest BCUT2D eigenvalue weighted by atomic mass is 32.2. The molecule has 2 heterocycles. The third-order valence-corrected chi connectivity index (χ3v) is 6.06. The van der Waals surface area contributed by atoms with Crippen LogP contribution in [-0.2, 0) is 9.84 Å². The van der Waals surface area contributed by atoms with Crippen molar-refractivity contribution in [2.24, 2.45) is 10.9 Å². The molecule has 2 rings (SSSR count). The molecule has 0 saturated carbocycles. The molecule has 2 aliphatic heterocycles. The van der Waals surface area contributed by atoms with Crippen LogP contribution in [0.5, 0.6) is 0 Å². The summed E-state index contributed by atoms with van der Waals surface area (Å²) in [5, 5.41) is 4.23. The van der Waals surface area contributed by atoms with Crippen LogP contribution in [-0.4, -0.2) is 42.9 Å². The van der Waals surface area contributed by atoms with Gasteiger partial charge in [-0.1, -0.05) is 25.6 Å². The highest BCUT2D eigenvalue weighted by Gasteiger charge is 2.28. The van der Waals surface area contributed by atoms with E-state index in [1.807, 2.05) is 0 Å². The average Bonchev–Trinajstić information content (AvgIpc) is 2.64. The minimum Gasteiger partial charge on any atom is -0.361 e. The molecule has 2 unspecified atom stereocenters. The normalized spacial score (nSPS) is 32.5. The number of nitrogens with one attached hydrogen (secondary N) is 1. The zero-order valence-electron chi connectivity index (χ0n) is 10.3. The smallest absolute Gasteiger partial charge is 0.157 e. The van der Waals surface area contributed by atoms with Crippen molar-refractivity contribution in [1.82, 2.24) is 5.32 Å². The molecule has 2 aliphatic rings. The first-order valence-corrected chi connectivity index (χ1v) is 8.94. The van der Waals surface area contributed by atoms with Crippen LogP contribution in [0.15, 0.2) is 4.99 Å². The van der Waals surface area contributed by atoms with Crippen LogP contribution in [0.2, 0.25) is 0 Å². The summed E-state index contributed by atoms with van der Waals surface area (Å²) in [4.78, 5) is 4.60. The van der Waals surface area contributed by atoms with Crippen LogP contribution in [0, 0.1) is 5.92 Å². The van der Waals surface area contributed by atoms with Gasteiger partial charge in [0.15, 0.2) is 15.0 Å². The van der Waals surface area contributed by atoms with E-state index >= 15 is 0 Å². The number of thioether (sulfide) groups is 1. The van der Waals surface area contributed by atoms with Gasteiger partial charge in [-0.2, -0.15) is 0 Å². The molecule has 2 atom stereocenters. The molecule has 0 spiro atoms. The predicted molar refractivity (Wildman–Crippen MR) is 73.3 cm³/mol. The van der Waals surface area contributed by atoms with Gasteiger partial charge in [-0.05, 0) is 18.8 Å². The third kappa shape index (κ3) is 3.61. The second kappa shape index (κ2) is 5.18. The van der Waals surface area contributed by atoms with E-state index in [9.17, 15) is 8.42 Å². The standard InChI is InChI=1S/C11H20N2O2S2/c1-8(2)10-6-16-11(13-10)12-9-4-3-5-17(14,15)7-9/h8-10H,3-7H2,1-2H3,(H,12,13). The fraction of sp³-hybridized carbons (Fsp3) is 0.909. The lowest BCUT2D eigenvalue weighted by molar-refractivity contribution is 0.525. The molecule has 0 aromatic heterocycles. The van der Waals surface area contributed by atoms with Crippen LogP contribution in [0.1, 0.15) is 26.7 Å². The maximum Gasteiger partial charge on any atom is 0.157 e. The number of rotatable bonds is 2. The van der Waals surface area contributed by atoms with Gasteiger partial charge in [0.25, 0.3) is 0 Å². The molecule has 0 radical (unpaired) electrons. The number of hydrogen-bond acceptors (Lipinski definition) is 5. The fourth-order valence-electron chi connectivity index (χ4n) is 2.12. The molecule has 0 bridgehead atoms. The zero-order chi connectivity index (χ0) is 12.5. The monoisotopic (exact) mass is 276 g/mol. The molecular weight excluding hydrogens is 256 g/mol. The van der Waals surface area contributed by atoms with Gasteiger partial charge in [0.2, 0.25) is 0 Å². The van der Waals surface area contributed by atoms with Crippen molar-refractivity contribution in [3.05, 3.63) is 0 Å². The lowest BCUT2D eigenvalue weighted by Crippen LogP contribution is -2.42. The lowest BCUT2D eigenvalue weighted by atomic mass is 10.1. The van der Waals surface area contributed by atoms with Gasteiger partial charge in [-0.3, -0.25) is 4.99 Å². The van der Waals surface area contributed by atoms with Crippen LogP contribution in [0.25, 0.3) is 0 Å². The minimum absolute atomic E-state index is 0.0610. The summed E-state index contributed by atoms with van der Waals surface area (Å²) in [6, 6.07) is 0.439. The Hall–Kier alpha value is -0.230.